The predicted octanol–water partition coefficient (Wildman–Crippen LogP) is 6.15. The third-order valence-electron chi connectivity index (χ3n) is 5.44. The number of carbonyl (C=O) groups excluding carboxylic acids is 2. The van der Waals surface area contributed by atoms with Crippen LogP contribution in [0.2, 0.25) is 0 Å². The zero-order valence-corrected chi connectivity index (χ0v) is 20.4. The van der Waals surface area contributed by atoms with Crippen molar-refractivity contribution in [3.05, 3.63) is 126 Å². The van der Waals surface area contributed by atoms with Gasteiger partial charge in [-0.05, 0) is 79.1 Å². The smallest absolute Gasteiger partial charge is 0.343 e. The molecule has 4 aromatic rings. The number of hydrogen-bond donors (Lipinski definition) is 0. The van der Waals surface area contributed by atoms with E-state index in [1.807, 2.05) is 60.7 Å². The number of esters is 2. The highest BCUT2D eigenvalue weighted by atomic mass is 16.5. The molecule has 0 aliphatic heterocycles. The van der Waals surface area contributed by atoms with Crippen LogP contribution in [-0.4, -0.2) is 31.8 Å². The molecule has 0 bridgehead atoms. The van der Waals surface area contributed by atoms with Gasteiger partial charge < -0.3 is 18.9 Å². The van der Waals surface area contributed by atoms with Crippen LogP contribution in [-0.2, 0) is 11.2 Å². The average Bonchev–Trinajstić information content (AvgIpc) is 2.95. The Morgan fingerprint density at radius 1 is 0.514 bits per heavy atom. The van der Waals surface area contributed by atoms with E-state index in [2.05, 4.69) is 0 Å². The lowest BCUT2D eigenvalue weighted by Gasteiger charge is -2.09. The van der Waals surface area contributed by atoms with Gasteiger partial charge in [0.25, 0.3) is 0 Å². The number of carbonyl (C=O) groups is 2. The Kier molecular flexibility index (Phi) is 9.30. The van der Waals surface area contributed by atoms with Crippen molar-refractivity contribution in [2.45, 2.75) is 12.8 Å². The monoisotopic (exact) mass is 496 g/mol. The molecule has 0 saturated carbocycles. The molecular formula is C31H28O6. The first-order chi connectivity index (χ1) is 18.2. The molecule has 37 heavy (non-hydrogen) atoms. The van der Waals surface area contributed by atoms with Crippen LogP contribution in [0.4, 0.5) is 0 Å². The summed E-state index contributed by atoms with van der Waals surface area (Å²) in [6, 6.07) is 32.5. The number of rotatable bonds is 12. The lowest BCUT2D eigenvalue weighted by atomic mass is 10.1. The molecule has 188 valence electrons. The predicted molar refractivity (Wildman–Crippen MR) is 140 cm³/mol. The SMILES string of the molecule is O=C(OCCCc1ccccc1)c1ccc(OC(=O)c2ccc(OCCOc3ccccc3)cc2)cc1. The summed E-state index contributed by atoms with van der Waals surface area (Å²) in [6.45, 7) is 1.12. The molecule has 0 heterocycles. The topological polar surface area (TPSA) is 71.1 Å². The zero-order valence-electron chi connectivity index (χ0n) is 20.4. The van der Waals surface area contributed by atoms with E-state index in [0.717, 1.165) is 18.6 Å². The van der Waals surface area contributed by atoms with Crippen LogP contribution < -0.4 is 14.2 Å². The van der Waals surface area contributed by atoms with Crippen LogP contribution in [0.15, 0.2) is 109 Å². The fraction of sp³-hybridized carbons (Fsp3) is 0.161. The van der Waals surface area contributed by atoms with Crippen LogP contribution in [0.25, 0.3) is 0 Å². The van der Waals surface area contributed by atoms with Gasteiger partial charge >= 0.3 is 11.9 Å². The molecule has 0 spiro atoms. The Hall–Kier alpha value is -4.58. The van der Waals surface area contributed by atoms with E-state index in [4.69, 9.17) is 18.9 Å². The third kappa shape index (κ3) is 8.25. The molecule has 0 saturated heterocycles. The van der Waals surface area contributed by atoms with Crippen molar-refractivity contribution >= 4 is 11.9 Å². The molecule has 0 fully saturated rings. The fourth-order valence-electron chi connectivity index (χ4n) is 3.52. The Morgan fingerprint density at radius 3 is 1.65 bits per heavy atom. The van der Waals surface area contributed by atoms with Crippen molar-refractivity contribution in [1.82, 2.24) is 0 Å². The van der Waals surface area contributed by atoms with Crippen molar-refractivity contribution < 1.29 is 28.5 Å². The first-order valence-corrected chi connectivity index (χ1v) is 12.1. The van der Waals surface area contributed by atoms with E-state index in [0.29, 0.717) is 42.4 Å². The number of hydrogen-bond acceptors (Lipinski definition) is 6. The fourth-order valence-corrected chi connectivity index (χ4v) is 3.52. The van der Waals surface area contributed by atoms with Gasteiger partial charge in [-0.2, -0.15) is 0 Å². The molecule has 0 aliphatic rings. The van der Waals surface area contributed by atoms with E-state index >= 15 is 0 Å². The van der Waals surface area contributed by atoms with Gasteiger partial charge in [0.05, 0.1) is 17.7 Å². The highest BCUT2D eigenvalue weighted by Gasteiger charge is 2.11. The molecular weight excluding hydrogens is 468 g/mol. The minimum absolute atomic E-state index is 0.337. The summed E-state index contributed by atoms with van der Waals surface area (Å²) in [4.78, 5) is 24.7. The van der Waals surface area contributed by atoms with E-state index < -0.39 is 11.9 Å². The van der Waals surface area contributed by atoms with Crippen LogP contribution in [0.1, 0.15) is 32.7 Å². The van der Waals surface area contributed by atoms with Crippen molar-refractivity contribution in [3.63, 3.8) is 0 Å². The number of benzene rings is 4. The summed E-state index contributed by atoms with van der Waals surface area (Å²) in [5.41, 5.74) is 1.99. The van der Waals surface area contributed by atoms with Gasteiger partial charge in [-0.1, -0.05) is 48.5 Å². The lowest BCUT2D eigenvalue weighted by Crippen LogP contribution is -2.10. The van der Waals surface area contributed by atoms with E-state index in [1.165, 1.54) is 5.56 Å². The molecule has 0 atom stereocenters. The molecule has 0 aliphatic carbocycles. The maximum atomic E-state index is 12.5. The maximum Gasteiger partial charge on any atom is 0.343 e. The minimum atomic E-state index is -0.504. The summed E-state index contributed by atoms with van der Waals surface area (Å²) in [7, 11) is 0. The van der Waals surface area contributed by atoms with Gasteiger partial charge in [0, 0.05) is 0 Å². The molecule has 0 aromatic heterocycles. The highest BCUT2D eigenvalue weighted by molar-refractivity contribution is 5.92. The second-order valence-corrected chi connectivity index (χ2v) is 8.17. The Balaban J connectivity index is 1.17. The minimum Gasteiger partial charge on any atom is -0.490 e. The molecule has 0 N–H and O–H groups in total. The standard InChI is InChI=1S/C31H28O6/c32-30(36-21-7-10-24-8-3-1-4-9-24)25-15-19-29(20-16-25)37-31(33)26-13-17-28(18-14-26)35-23-22-34-27-11-5-2-6-12-27/h1-6,8-9,11-20H,7,10,21-23H2. The molecule has 0 radical (unpaired) electrons. The maximum absolute atomic E-state index is 12.5. The van der Waals surface area contributed by atoms with Gasteiger partial charge in [-0.25, -0.2) is 9.59 Å². The van der Waals surface area contributed by atoms with Crippen LogP contribution in [0.3, 0.4) is 0 Å². The second kappa shape index (κ2) is 13.5. The normalized spacial score (nSPS) is 10.4. The highest BCUT2D eigenvalue weighted by Crippen LogP contribution is 2.18. The summed E-state index contributed by atoms with van der Waals surface area (Å²) in [5.74, 6) is 0.836. The molecule has 4 aromatic carbocycles. The number of ether oxygens (including phenoxy) is 4. The first-order valence-electron chi connectivity index (χ1n) is 12.1. The average molecular weight is 497 g/mol. The molecule has 0 amide bonds. The zero-order chi connectivity index (χ0) is 25.7. The quantitative estimate of drug-likeness (QED) is 0.133. The lowest BCUT2D eigenvalue weighted by molar-refractivity contribution is 0.0500. The number of aryl methyl sites for hydroxylation is 1. The largest absolute Gasteiger partial charge is 0.490 e. The summed E-state index contributed by atoms with van der Waals surface area (Å²) in [6.07, 6.45) is 1.59. The first kappa shape index (κ1) is 25.5. The third-order valence-corrected chi connectivity index (χ3v) is 5.44. The Morgan fingerprint density at radius 2 is 1.03 bits per heavy atom. The van der Waals surface area contributed by atoms with E-state index in [-0.39, 0.29) is 0 Å². The van der Waals surface area contributed by atoms with Crippen LogP contribution >= 0.6 is 0 Å². The van der Waals surface area contributed by atoms with Crippen molar-refractivity contribution in [1.29, 1.82) is 0 Å². The van der Waals surface area contributed by atoms with E-state index in [1.54, 1.807) is 48.5 Å². The number of para-hydroxylation sites is 1. The van der Waals surface area contributed by atoms with Crippen molar-refractivity contribution in [2.75, 3.05) is 19.8 Å². The second-order valence-electron chi connectivity index (χ2n) is 8.17. The summed E-state index contributed by atoms with van der Waals surface area (Å²) < 4.78 is 22.0. The molecule has 6 nitrogen and oxygen atoms in total. The summed E-state index contributed by atoms with van der Waals surface area (Å²) >= 11 is 0. The van der Waals surface area contributed by atoms with Crippen LogP contribution in [0, 0.1) is 0 Å². The molecule has 4 rings (SSSR count). The molecule has 6 heteroatoms. The van der Waals surface area contributed by atoms with E-state index in [9.17, 15) is 9.59 Å². The van der Waals surface area contributed by atoms with Crippen LogP contribution in [0.5, 0.6) is 17.2 Å². The summed E-state index contributed by atoms with van der Waals surface area (Å²) in [5, 5.41) is 0. The van der Waals surface area contributed by atoms with Gasteiger partial charge in [-0.15, -0.1) is 0 Å². The van der Waals surface area contributed by atoms with Gasteiger partial charge in [0.2, 0.25) is 0 Å². The van der Waals surface area contributed by atoms with Crippen molar-refractivity contribution in [2.24, 2.45) is 0 Å². The van der Waals surface area contributed by atoms with Crippen molar-refractivity contribution in [3.8, 4) is 17.2 Å². The van der Waals surface area contributed by atoms with Gasteiger partial charge in [0.1, 0.15) is 30.5 Å². The Labute approximate surface area is 216 Å². The van der Waals surface area contributed by atoms with Gasteiger partial charge in [0.15, 0.2) is 0 Å². The van der Waals surface area contributed by atoms with Gasteiger partial charge in [-0.3, -0.25) is 0 Å². The Bertz CT molecular complexity index is 1250. The molecule has 0 unspecified atom stereocenters.